The van der Waals surface area contributed by atoms with Crippen molar-refractivity contribution in [3.05, 3.63) is 109 Å². The molecule has 1 saturated heterocycles. The number of nitrogens with zero attached hydrogens (tertiary/aromatic N) is 3. The van der Waals surface area contributed by atoms with Crippen molar-refractivity contribution >= 4 is 54.4 Å². The largest absolute Gasteiger partial charge is 0.415 e. The third-order valence-electron chi connectivity index (χ3n) is 11.3. The summed E-state index contributed by atoms with van der Waals surface area (Å²) >= 11 is 0. The Bertz CT molecular complexity index is 1820. The van der Waals surface area contributed by atoms with Crippen LogP contribution in [0, 0.1) is 0 Å². The first-order chi connectivity index (χ1) is 20.9. The number of hydrogen-bond donors (Lipinski definition) is 0. The van der Waals surface area contributed by atoms with E-state index in [1.54, 1.807) is 0 Å². The fraction of sp³-hybridized carbons (Fsp3) is 0. The second-order valence-electron chi connectivity index (χ2n) is 12.7. The lowest BCUT2D eigenvalue weighted by molar-refractivity contribution is 1.24. The highest BCUT2D eigenvalue weighted by atomic mass is 15.3. The SMILES string of the molecule is c1cc2c3c(c1)-c1cccc4c1N1B3N3B5c6c(cccc6-c6cccc7c6N5B1c1c-4cccc1-7)-c1cccc-2c13. The molecule has 13 rings (SSSR count). The molecule has 42 heavy (non-hydrogen) atoms. The molecule has 186 valence electrons. The van der Waals surface area contributed by atoms with E-state index in [0.29, 0.717) is 0 Å². The van der Waals surface area contributed by atoms with Gasteiger partial charge < -0.3 is 14.2 Å². The van der Waals surface area contributed by atoms with E-state index in [0.717, 1.165) is 0 Å². The van der Waals surface area contributed by atoms with Crippen LogP contribution in [0.4, 0.5) is 17.1 Å². The van der Waals surface area contributed by atoms with Gasteiger partial charge in [-0.15, -0.1) is 0 Å². The lowest BCUT2D eigenvalue weighted by Crippen LogP contribution is -2.90. The molecule has 1 fully saturated rings. The summed E-state index contributed by atoms with van der Waals surface area (Å²) in [5.74, 6) is 0. The topological polar surface area (TPSA) is 9.72 Å². The van der Waals surface area contributed by atoms with Gasteiger partial charge in [0.2, 0.25) is 0 Å². The maximum absolute atomic E-state index is 2.82. The Morgan fingerprint density at radius 1 is 0.262 bits per heavy atom. The summed E-state index contributed by atoms with van der Waals surface area (Å²) in [6.45, 7) is 0.372. The zero-order valence-corrected chi connectivity index (χ0v) is 22.5. The number of hydrogen-bond acceptors (Lipinski definition) is 3. The molecule has 0 aromatic heterocycles. The zero-order chi connectivity index (χ0) is 26.6. The molecule has 7 aliphatic rings. The number of anilines is 3. The zero-order valence-electron chi connectivity index (χ0n) is 22.5. The van der Waals surface area contributed by atoms with Crippen LogP contribution in [0.2, 0.25) is 0 Å². The molecule has 6 heteroatoms. The van der Waals surface area contributed by atoms with Crippen molar-refractivity contribution in [2.75, 3.05) is 14.2 Å². The Kier molecular flexibility index (Phi) is 2.88. The Balaban J connectivity index is 1.34. The first-order valence-corrected chi connectivity index (χ1v) is 15.1. The molecule has 0 N–H and O–H groups in total. The third kappa shape index (κ3) is 1.76. The minimum absolute atomic E-state index is 0.124. The van der Waals surface area contributed by atoms with Gasteiger partial charge in [0.25, 0.3) is 0 Å². The number of para-hydroxylation sites is 3. The normalized spacial score (nSPS) is 16.3. The highest BCUT2D eigenvalue weighted by molar-refractivity contribution is 7.18. The van der Waals surface area contributed by atoms with Crippen molar-refractivity contribution in [3.8, 4) is 66.8 Å². The van der Waals surface area contributed by atoms with Crippen molar-refractivity contribution in [3.63, 3.8) is 0 Å². The van der Waals surface area contributed by atoms with Crippen LogP contribution >= 0.6 is 0 Å². The van der Waals surface area contributed by atoms with Crippen molar-refractivity contribution < 1.29 is 0 Å². The van der Waals surface area contributed by atoms with Gasteiger partial charge in [-0.1, -0.05) is 109 Å². The maximum Gasteiger partial charge on any atom is 0.390 e. The van der Waals surface area contributed by atoms with Crippen LogP contribution < -0.4 is 30.6 Å². The van der Waals surface area contributed by atoms with Gasteiger partial charge in [0.15, 0.2) is 0 Å². The van der Waals surface area contributed by atoms with Crippen molar-refractivity contribution in [1.29, 1.82) is 0 Å². The predicted octanol–water partition coefficient (Wildman–Crippen LogP) is 5.59. The molecule has 7 aliphatic heterocycles. The van der Waals surface area contributed by atoms with Crippen LogP contribution in [0.1, 0.15) is 0 Å². The van der Waals surface area contributed by atoms with Crippen molar-refractivity contribution in [2.45, 2.75) is 0 Å². The second-order valence-corrected chi connectivity index (χ2v) is 12.7. The molecule has 0 radical (unpaired) electrons. The smallest absolute Gasteiger partial charge is 0.390 e. The van der Waals surface area contributed by atoms with E-state index < -0.39 is 0 Å². The Morgan fingerprint density at radius 3 is 0.667 bits per heavy atom. The van der Waals surface area contributed by atoms with Gasteiger partial charge in [0.05, 0.1) is 0 Å². The maximum atomic E-state index is 2.82. The minimum atomic E-state index is 0.124. The van der Waals surface area contributed by atoms with Crippen LogP contribution in [0.25, 0.3) is 66.8 Å². The molecule has 0 unspecified atom stereocenters. The van der Waals surface area contributed by atoms with Crippen LogP contribution in [0.3, 0.4) is 0 Å². The quantitative estimate of drug-likeness (QED) is 0.240. The van der Waals surface area contributed by atoms with Crippen LogP contribution in [-0.4, -0.2) is 20.9 Å². The van der Waals surface area contributed by atoms with E-state index in [-0.39, 0.29) is 20.9 Å². The van der Waals surface area contributed by atoms with Crippen LogP contribution in [0.5, 0.6) is 0 Å². The summed E-state index contributed by atoms with van der Waals surface area (Å²) in [7, 11) is 0. The summed E-state index contributed by atoms with van der Waals surface area (Å²) in [6, 6.07) is 42.1. The summed E-state index contributed by atoms with van der Waals surface area (Å²) in [6.07, 6.45) is 0. The summed E-state index contributed by atoms with van der Waals surface area (Å²) in [4.78, 5) is 0. The molecular weight excluding hydrogens is 507 g/mol. The van der Waals surface area contributed by atoms with E-state index in [1.807, 2.05) is 0 Å². The van der Waals surface area contributed by atoms with E-state index in [9.17, 15) is 0 Å². The first-order valence-electron chi connectivity index (χ1n) is 15.1. The minimum Gasteiger partial charge on any atom is -0.415 e. The van der Waals surface area contributed by atoms with Gasteiger partial charge >= 0.3 is 20.9 Å². The van der Waals surface area contributed by atoms with Gasteiger partial charge in [-0.05, 0) is 49.8 Å². The standard InChI is InChI=1S/C36H18B3N3/c1-7-19-25-13-4-15-27-21-9-2-11-23-29-17-6-18-30-24-12-3-10-22-28-16-5-14-26-20(8-1)31(19)37-40(34(25)27)38(32(21)23)42(36(29)30)39(33(22)24)41(37)35(26)28/h1-18H. The Morgan fingerprint density at radius 2 is 0.452 bits per heavy atom. The lowest BCUT2D eigenvalue weighted by atomic mass is 9.30. The Hall–Kier alpha value is -5.09. The molecular formula is C36H18B3N3. The van der Waals surface area contributed by atoms with E-state index in [4.69, 9.17) is 0 Å². The molecule has 0 bridgehead atoms. The molecule has 0 aliphatic carbocycles. The summed E-state index contributed by atoms with van der Waals surface area (Å²) < 4.78 is 8.45. The van der Waals surface area contributed by atoms with E-state index in [2.05, 4.69) is 123 Å². The van der Waals surface area contributed by atoms with Crippen LogP contribution in [-0.2, 0) is 0 Å². The second kappa shape index (κ2) is 6.07. The fourth-order valence-electron chi connectivity index (χ4n) is 10.1. The van der Waals surface area contributed by atoms with Gasteiger partial charge in [-0.2, -0.15) is 0 Å². The van der Waals surface area contributed by atoms with Gasteiger partial charge in [-0.25, -0.2) is 0 Å². The van der Waals surface area contributed by atoms with Crippen LogP contribution in [0.15, 0.2) is 109 Å². The Labute approximate surface area is 244 Å². The highest BCUT2D eigenvalue weighted by Gasteiger charge is 2.66. The van der Waals surface area contributed by atoms with Gasteiger partial charge in [-0.3, -0.25) is 0 Å². The molecule has 0 saturated carbocycles. The average Bonchev–Trinajstić information content (AvgIpc) is 3.06. The monoisotopic (exact) mass is 525 g/mol. The van der Waals surface area contributed by atoms with Crippen molar-refractivity contribution in [2.24, 2.45) is 0 Å². The average molecular weight is 525 g/mol. The molecule has 6 aromatic rings. The molecule has 0 atom stereocenters. The molecule has 3 nitrogen and oxygen atoms in total. The summed E-state index contributed by atoms with van der Waals surface area (Å²) in [5, 5.41) is 0. The van der Waals surface area contributed by atoms with Gasteiger partial charge in [0, 0.05) is 50.4 Å². The van der Waals surface area contributed by atoms with Gasteiger partial charge in [0.1, 0.15) is 0 Å². The molecule has 0 amide bonds. The van der Waals surface area contributed by atoms with Crippen molar-refractivity contribution in [1.82, 2.24) is 0 Å². The summed E-state index contributed by atoms with van der Waals surface area (Å²) in [5.41, 5.74) is 25.1. The third-order valence-corrected chi connectivity index (χ3v) is 11.3. The molecule has 7 heterocycles. The molecule has 0 spiro atoms. The molecule has 6 aromatic carbocycles. The van der Waals surface area contributed by atoms with E-state index >= 15 is 0 Å². The number of fused-ring (bicyclic) bond motifs is 6. The number of rotatable bonds is 0. The van der Waals surface area contributed by atoms with E-state index in [1.165, 1.54) is 100 Å². The number of benzene rings is 6. The first kappa shape index (κ1) is 19.9. The predicted molar refractivity (Wildman–Crippen MR) is 176 cm³/mol. The fourth-order valence-corrected chi connectivity index (χ4v) is 10.1. The lowest BCUT2D eigenvalue weighted by Gasteiger charge is -2.65. The highest BCUT2D eigenvalue weighted by Crippen LogP contribution is 2.59.